The quantitative estimate of drug-likeness (QED) is 0.546. The topological polar surface area (TPSA) is 105 Å². The third kappa shape index (κ3) is 4.94. The van der Waals surface area contributed by atoms with Crippen molar-refractivity contribution in [3.8, 4) is 5.75 Å². The number of hydrogen-bond acceptors (Lipinski definition) is 5. The van der Waals surface area contributed by atoms with E-state index in [0.717, 1.165) is 21.9 Å². The van der Waals surface area contributed by atoms with E-state index in [0.29, 0.717) is 5.69 Å². The first kappa shape index (κ1) is 20.9. The van der Waals surface area contributed by atoms with Crippen LogP contribution in [0.25, 0.3) is 10.8 Å². The summed E-state index contributed by atoms with van der Waals surface area (Å²) in [6.45, 7) is 2.93. The van der Waals surface area contributed by atoms with Gasteiger partial charge in [0.25, 0.3) is 5.91 Å². The normalized spacial score (nSPS) is 10.5. The first-order valence-corrected chi connectivity index (χ1v) is 9.37. The fourth-order valence-corrected chi connectivity index (χ4v) is 3.03. The van der Waals surface area contributed by atoms with Crippen molar-refractivity contribution in [3.63, 3.8) is 0 Å². The van der Waals surface area contributed by atoms with Crippen molar-refractivity contribution in [2.24, 2.45) is 0 Å². The lowest BCUT2D eigenvalue weighted by atomic mass is 10.1. The molecule has 0 atom stereocenters. The number of benzene rings is 3. The molecule has 3 aromatic rings. The Bertz CT molecular complexity index is 1100. The number of rotatable bonds is 6. The van der Waals surface area contributed by atoms with Gasteiger partial charge in [-0.2, -0.15) is 0 Å². The Hall–Kier alpha value is -3.87. The molecule has 154 valence electrons. The second-order valence-corrected chi connectivity index (χ2v) is 6.88. The van der Waals surface area contributed by atoms with Gasteiger partial charge in [-0.25, -0.2) is 4.79 Å². The van der Waals surface area contributed by atoms with Gasteiger partial charge in [0, 0.05) is 5.69 Å². The third-order valence-corrected chi connectivity index (χ3v) is 4.61. The minimum atomic E-state index is -0.826. The van der Waals surface area contributed by atoms with Gasteiger partial charge in [-0.05, 0) is 47.9 Å². The second kappa shape index (κ2) is 9.09. The highest BCUT2D eigenvalue weighted by Gasteiger charge is 2.16. The van der Waals surface area contributed by atoms with Gasteiger partial charge in [-0.15, -0.1) is 0 Å². The number of phenols is 1. The van der Waals surface area contributed by atoms with E-state index >= 15 is 0 Å². The first-order valence-electron chi connectivity index (χ1n) is 9.37. The highest BCUT2D eigenvalue weighted by Crippen LogP contribution is 2.25. The first-order chi connectivity index (χ1) is 14.3. The highest BCUT2D eigenvalue weighted by molar-refractivity contribution is 6.00. The minimum absolute atomic E-state index is 0.0331. The summed E-state index contributed by atoms with van der Waals surface area (Å²) in [7, 11) is 0. The van der Waals surface area contributed by atoms with Crippen LogP contribution < -0.4 is 10.6 Å². The van der Waals surface area contributed by atoms with Crippen LogP contribution in [0.3, 0.4) is 0 Å². The molecule has 0 aliphatic carbocycles. The maximum Gasteiger partial charge on any atom is 0.342 e. The summed E-state index contributed by atoms with van der Waals surface area (Å²) in [6.07, 6.45) is 0. The Kier molecular flexibility index (Phi) is 6.32. The van der Waals surface area contributed by atoms with Gasteiger partial charge >= 0.3 is 5.97 Å². The summed E-state index contributed by atoms with van der Waals surface area (Å²) in [5, 5.41) is 16.7. The second-order valence-electron chi connectivity index (χ2n) is 6.88. The summed E-state index contributed by atoms with van der Waals surface area (Å²) in [6, 6.07) is 15.8. The lowest BCUT2D eigenvalue weighted by molar-refractivity contribution is -0.126. The Morgan fingerprint density at radius 3 is 2.20 bits per heavy atom. The molecule has 30 heavy (non-hydrogen) atoms. The lowest BCUT2D eigenvalue weighted by Crippen LogP contribution is -2.35. The van der Waals surface area contributed by atoms with E-state index in [2.05, 4.69) is 10.6 Å². The summed E-state index contributed by atoms with van der Waals surface area (Å²) in [4.78, 5) is 36.2. The molecule has 0 bridgehead atoms. The molecule has 0 spiro atoms. The van der Waals surface area contributed by atoms with Gasteiger partial charge in [0.15, 0.2) is 6.61 Å². The number of phenolic OH excluding ortho intramolecular Hbond substituents is 1. The number of nitrogens with one attached hydrogen (secondary N) is 2. The summed E-state index contributed by atoms with van der Waals surface area (Å²) < 4.78 is 4.97. The van der Waals surface area contributed by atoms with Crippen molar-refractivity contribution in [1.29, 1.82) is 0 Å². The van der Waals surface area contributed by atoms with Crippen LogP contribution in [-0.4, -0.2) is 36.0 Å². The van der Waals surface area contributed by atoms with Crippen LogP contribution in [0.5, 0.6) is 5.75 Å². The minimum Gasteiger partial charge on any atom is -0.507 e. The maximum absolute atomic E-state index is 12.2. The monoisotopic (exact) mass is 406 g/mol. The number of aromatic hydroxyl groups is 1. The van der Waals surface area contributed by atoms with Crippen LogP contribution in [0.4, 0.5) is 5.69 Å². The number of fused-ring (bicyclic) bond motifs is 1. The average Bonchev–Trinajstić information content (AvgIpc) is 2.72. The smallest absolute Gasteiger partial charge is 0.342 e. The van der Waals surface area contributed by atoms with Gasteiger partial charge in [-0.3, -0.25) is 9.59 Å². The number of amides is 2. The average molecular weight is 406 g/mol. The fourth-order valence-electron chi connectivity index (χ4n) is 3.03. The summed E-state index contributed by atoms with van der Waals surface area (Å²) in [5.74, 6) is -2.07. The number of hydrogen-bond donors (Lipinski definition) is 3. The van der Waals surface area contributed by atoms with E-state index in [-0.39, 0.29) is 23.8 Å². The predicted molar refractivity (Wildman–Crippen MR) is 113 cm³/mol. The third-order valence-electron chi connectivity index (χ3n) is 4.61. The van der Waals surface area contributed by atoms with E-state index in [1.165, 1.54) is 12.1 Å². The number of ether oxygens (including phenoxy) is 1. The van der Waals surface area contributed by atoms with Crippen LogP contribution in [0.15, 0.2) is 54.6 Å². The number of carbonyl (C=O) groups is 3. The summed E-state index contributed by atoms with van der Waals surface area (Å²) in [5.41, 5.74) is 2.50. The molecule has 0 unspecified atom stereocenters. The molecule has 0 aromatic heterocycles. The highest BCUT2D eigenvalue weighted by atomic mass is 16.5. The molecule has 3 aromatic carbocycles. The standard InChI is InChI=1S/C23H22N2O5/c1-14-6-5-7-15(2)22(14)25-20(27)12-24-21(28)13-30-23(29)18-10-16-8-3-4-9-17(16)11-19(18)26/h3-11,26H,12-13H2,1-2H3,(H,24,28)(H,25,27). The molecule has 7 heteroatoms. The largest absolute Gasteiger partial charge is 0.507 e. The zero-order chi connectivity index (χ0) is 21.7. The molecule has 0 aliphatic rings. The van der Waals surface area contributed by atoms with Crippen LogP contribution in [0.1, 0.15) is 21.5 Å². The van der Waals surface area contributed by atoms with Crippen LogP contribution in [0.2, 0.25) is 0 Å². The molecule has 7 nitrogen and oxygen atoms in total. The summed E-state index contributed by atoms with van der Waals surface area (Å²) >= 11 is 0. The maximum atomic E-state index is 12.2. The number of anilines is 1. The number of esters is 1. The van der Waals surface area contributed by atoms with E-state index in [4.69, 9.17) is 4.74 Å². The SMILES string of the molecule is Cc1cccc(C)c1NC(=O)CNC(=O)COC(=O)c1cc2ccccc2cc1O. The van der Waals surface area contributed by atoms with Gasteiger partial charge in [0.1, 0.15) is 11.3 Å². The Labute approximate surface area is 173 Å². The Balaban J connectivity index is 1.51. The van der Waals surface area contributed by atoms with Crippen molar-refractivity contribution in [1.82, 2.24) is 5.32 Å². The molecule has 0 radical (unpaired) electrons. The molecule has 0 saturated carbocycles. The van der Waals surface area contributed by atoms with Gasteiger partial charge in [0.2, 0.25) is 5.91 Å². The van der Waals surface area contributed by atoms with Crippen molar-refractivity contribution in [2.45, 2.75) is 13.8 Å². The van der Waals surface area contributed by atoms with Crippen molar-refractivity contribution in [2.75, 3.05) is 18.5 Å². The number of aryl methyl sites for hydroxylation is 2. The molecule has 2 amide bonds. The van der Waals surface area contributed by atoms with E-state index in [1.54, 1.807) is 12.1 Å². The number of carbonyl (C=O) groups excluding carboxylic acids is 3. The van der Waals surface area contributed by atoms with E-state index in [1.807, 2.05) is 44.2 Å². The Morgan fingerprint density at radius 2 is 1.53 bits per heavy atom. The van der Waals surface area contributed by atoms with Crippen molar-refractivity contribution >= 4 is 34.2 Å². The van der Waals surface area contributed by atoms with Crippen molar-refractivity contribution < 1.29 is 24.2 Å². The van der Waals surface area contributed by atoms with E-state index < -0.39 is 18.5 Å². The molecule has 0 saturated heterocycles. The fraction of sp³-hybridized carbons (Fsp3) is 0.174. The molecule has 0 heterocycles. The zero-order valence-electron chi connectivity index (χ0n) is 16.7. The van der Waals surface area contributed by atoms with Crippen LogP contribution >= 0.6 is 0 Å². The molecule has 0 fully saturated rings. The molecule has 3 rings (SSSR count). The molecular weight excluding hydrogens is 384 g/mol. The lowest BCUT2D eigenvalue weighted by Gasteiger charge is -2.12. The predicted octanol–water partition coefficient (Wildman–Crippen LogP) is 3.07. The molecular formula is C23H22N2O5. The van der Waals surface area contributed by atoms with Gasteiger partial charge < -0.3 is 20.5 Å². The van der Waals surface area contributed by atoms with Crippen molar-refractivity contribution in [3.05, 3.63) is 71.3 Å². The van der Waals surface area contributed by atoms with Gasteiger partial charge in [0.05, 0.1) is 6.54 Å². The zero-order valence-corrected chi connectivity index (χ0v) is 16.7. The van der Waals surface area contributed by atoms with E-state index in [9.17, 15) is 19.5 Å². The van der Waals surface area contributed by atoms with Crippen LogP contribution in [-0.2, 0) is 14.3 Å². The van der Waals surface area contributed by atoms with Crippen LogP contribution in [0, 0.1) is 13.8 Å². The Morgan fingerprint density at radius 1 is 0.900 bits per heavy atom. The number of para-hydroxylation sites is 1. The molecule has 3 N–H and O–H groups in total. The van der Waals surface area contributed by atoms with Gasteiger partial charge in [-0.1, -0.05) is 42.5 Å². The molecule has 0 aliphatic heterocycles.